The maximum Gasteiger partial charge on any atom is 0.345 e. The largest absolute Gasteiger partial charge is 0.477 e. The molecule has 1 heterocycles. The predicted molar refractivity (Wildman–Crippen MR) is 77.3 cm³/mol. The Hall–Kier alpha value is -0.480. The molecule has 1 rings (SSSR count). The first-order chi connectivity index (χ1) is 8.74. The van der Waals surface area contributed by atoms with Gasteiger partial charge in [-0.15, -0.1) is 11.3 Å². The number of nitrogens with zero attached hydrogens (tertiary/aromatic N) is 1. The van der Waals surface area contributed by atoms with Gasteiger partial charge < -0.3 is 10.0 Å². The molecular weight excluding hydrogens is 356 g/mol. The molecule has 108 valence electrons. The van der Waals surface area contributed by atoms with Crippen molar-refractivity contribution in [2.45, 2.75) is 11.3 Å². The van der Waals surface area contributed by atoms with Crippen molar-refractivity contribution in [1.29, 1.82) is 0 Å². The standard InChI is InChI=1S/C10H15BrN2O4S2/c1-13(2)5-3-4-12-19(16,17)8-6-7(10(14)15)18-9(8)11/h6,12H,3-5H2,1-2H3,(H,14,15). The molecular formula is C10H15BrN2O4S2. The maximum atomic E-state index is 12.0. The van der Waals surface area contributed by atoms with Crippen LogP contribution in [0.15, 0.2) is 14.7 Å². The lowest BCUT2D eigenvalue weighted by Gasteiger charge is -2.09. The second kappa shape index (κ2) is 6.80. The summed E-state index contributed by atoms with van der Waals surface area (Å²) in [5.41, 5.74) is 0. The average Bonchev–Trinajstić information content (AvgIpc) is 2.67. The molecule has 0 fully saturated rings. The number of carbonyl (C=O) groups is 1. The Kier molecular flexibility index (Phi) is 5.93. The first-order valence-electron chi connectivity index (χ1n) is 5.41. The molecule has 0 saturated carbocycles. The fourth-order valence-electron chi connectivity index (χ4n) is 1.32. The van der Waals surface area contributed by atoms with Crippen molar-refractivity contribution >= 4 is 43.3 Å². The summed E-state index contributed by atoms with van der Waals surface area (Å²) in [5.74, 6) is -1.14. The monoisotopic (exact) mass is 370 g/mol. The molecule has 1 aromatic heterocycles. The van der Waals surface area contributed by atoms with Crippen LogP contribution >= 0.6 is 27.3 Å². The number of hydrogen-bond acceptors (Lipinski definition) is 5. The highest BCUT2D eigenvalue weighted by molar-refractivity contribution is 9.11. The zero-order valence-electron chi connectivity index (χ0n) is 10.5. The number of carboxylic acid groups (broad SMARTS) is 1. The molecule has 1 aromatic rings. The molecule has 0 radical (unpaired) electrons. The van der Waals surface area contributed by atoms with Gasteiger partial charge in [0.2, 0.25) is 10.0 Å². The van der Waals surface area contributed by atoms with Crippen LogP contribution in [0, 0.1) is 0 Å². The fraction of sp³-hybridized carbons (Fsp3) is 0.500. The second-order valence-corrected chi connectivity index (χ2v) is 8.21. The zero-order valence-corrected chi connectivity index (χ0v) is 13.7. The van der Waals surface area contributed by atoms with Gasteiger partial charge in [-0.25, -0.2) is 17.9 Å². The van der Waals surface area contributed by atoms with E-state index in [1.54, 1.807) is 0 Å². The Balaban J connectivity index is 2.75. The van der Waals surface area contributed by atoms with E-state index in [4.69, 9.17) is 5.11 Å². The summed E-state index contributed by atoms with van der Waals surface area (Å²) in [5, 5.41) is 8.83. The number of halogens is 1. The van der Waals surface area contributed by atoms with Crippen molar-refractivity contribution in [3.63, 3.8) is 0 Å². The van der Waals surface area contributed by atoms with Crippen molar-refractivity contribution in [2.24, 2.45) is 0 Å². The molecule has 0 bridgehead atoms. The van der Waals surface area contributed by atoms with E-state index in [1.165, 1.54) is 0 Å². The van der Waals surface area contributed by atoms with Gasteiger partial charge in [0.05, 0.1) is 3.79 Å². The number of sulfonamides is 1. The van der Waals surface area contributed by atoms with E-state index in [-0.39, 0.29) is 9.77 Å². The van der Waals surface area contributed by atoms with Crippen LogP contribution in [0.25, 0.3) is 0 Å². The number of carboxylic acids is 1. The van der Waals surface area contributed by atoms with Crippen LogP contribution < -0.4 is 4.72 Å². The van der Waals surface area contributed by atoms with Crippen LogP contribution in [0.1, 0.15) is 16.1 Å². The van der Waals surface area contributed by atoms with Crippen LogP contribution in [0.2, 0.25) is 0 Å². The fourth-order valence-corrected chi connectivity index (χ4v) is 4.80. The lowest BCUT2D eigenvalue weighted by atomic mass is 10.4. The van der Waals surface area contributed by atoms with E-state index in [0.29, 0.717) is 16.8 Å². The van der Waals surface area contributed by atoms with Crippen LogP contribution in [0.5, 0.6) is 0 Å². The van der Waals surface area contributed by atoms with Crippen LogP contribution in [0.3, 0.4) is 0 Å². The van der Waals surface area contributed by atoms with Crippen LogP contribution in [0.4, 0.5) is 0 Å². The quantitative estimate of drug-likeness (QED) is 0.709. The Morgan fingerprint density at radius 2 is 2.16 bits per heavy atom. The first-order valence-corrected chi connectivity index (χ1v) is 8.50. The van der Waals surface area contributed by atoms with Gasteiger partial charge in [-0.1, -0.05) is 0 Å². The van der Waals surface area contributed by atoms with Gasteiger partial charge in [0, 0.05) is 6.54 Å². The molecule has 0 saturated heterocycles. The molecule has 0 atom stereocenters. The minimum absolute atomic E-state index is 0.0134. The van der Waals surface area contributed by atoms with Gasteiger partial charge in [0.1, 0.15) is 9.77 Å². The van der Waals surface area contributed by atoms with Gasteiger partial charge in [-0.05, 0) is 49.1 Å². The molecule has 0 amide bonds. The third-order valence-corrected chi connectivity index (χ3v) is 5.93. The van der Waals surface area contributed by atoms with Gasteiger partial charge in [0.25, 0.3) is 0 Å². The van der Waals surface area contributed by atoms with E-state index in [9.17, 15) is 13.2 Å². The van der Waals surface area contributed by atoms with Crippen LogP contribution in [-0.2, 0) is 10.0 Å². The molecule has 9 heteroatoms. The summed E-state index contributed by atoms with van der Waals surface area (Å²) < 4.78 is 26.7. The molecule has 0 spiro atoms. The highest BCUT2D eigenvalue weighted by Gasteiger charge is 2.22. The van der Waals surface area contributed by atoms with Crippen molar-refractivity contribution < 1.29 is 18.3 Å². The molecule has 0 aliphatic rings. The summed E-state index contributed by atoms with van der Waals surface area (Å²) >= 11 is 3.96. The normalized spacial score (nSPS) is 12.0. The highest BCUT2D eigenvalue weighted by Crippen LogP contribution is 2.31. The highest BCUT2D eigenvalue weighted by atomic mass is 79.9. The lowest BCUT2D eigenvalue weighted by molar-refractivity contribution is 0.0702. The Morgan fingerprint density at radius 1 is 1.53 bits per heavy atom. The molecule has 0 aliphatic heterocycles. The smallest absolute Gasteiger partial charge is 0.345 e. The summed E-state index contributed by atoms with van der Waals surface area (Å²) in [6.07, 6.45) is 0.680. The number of nitrogens with one attached hydrogen (secondary N) is 1. The molecule has 0 aliphatic carbocycles. The van der Waals surface area contributed by atoms with E-state index < -0.39 is 16.0 Å². The summed E-state index contributed by atoms with van der Waals surface area (Å²) in [6.45, 7) is 1.08. The number of aromatic carboxylic acids is 1. The lowest BCUT2D eigenvalue weighted by Crippen LogP contribution is -2.27. The van der Waals surface area contributed by atoms with Gasteiger partial charge in [0.15, 0.2) is 0 Å². The van der Waals surface area contributed by atoms with Crippen LogP contribution in [-0.4, -0.2) is 51.6 Å². The van der Waals surface area contributed by atoms with Gasteiger partial charge >= 0.3 is 5.97 Å². The Bertz CT molecular complexity index is 554. The topological polar surface area (TPSA) is 86.7 Å². The zero-order chi connectivity index (χ0) is 14.6. The number of rotatable bonds is 7. The minimum Gasteiger partial charge on any atom is -0.477 e. The van der Waals surface area contributed by atoms with Gasteiger partial charge in [-0.3, -0.25) is 0 Å². The minimum atomic E-state index is -3.67. The summed E-state index contributed by atoms with van der Waals surface area (Å²) in [6, 6.07) is 1.16. The summed E-state index contributed by atoms with van der Waals surface area (Å²) in [4.78, 5) is 12.7. The third kappa shape index (κ3) is 4.84. The number of hydrogen-bond donors (Lipinski definition) is 2. The Morgan fingerprint density at radius 3 is 2.63 bits per heavy atom. The maximum absolute atomic E-state index is 12.0. The SMILES string of the molecule is CN(C)CCCNS(=O)(=O)c1cc(C(=O)O)sc1Br. The Labute approximate surface area is 124 Å². The van der Waals surface area contributed by atoms with Crippen molar-refractivity contribution in [3.05, 3.63) is 14.7 Å². The molecule has 6 nitrogen and oxygen atoms in total. The second-order valence-electron chi connectivity index (χ2n) is 4.11. The van der Waals surface area contributed by atoms with E-state index >= 15 is 0 Å². The van der Waals surface area contributed by atoms with E-state index in [0.717, 1.165) is 23.9 Å². The van der Waals surface area contributed by atoms with Crippen molar-refractivity contribution in [3.8, 4) is 0 Å². The van der Waals surface area contributed by atoms with Crippen molar-refractivity contribution in [1.82, 2.24) is 9.62 Å². The van der Waals surface area contributed by atoms with E-state index in [2.05, 4.69) is 20.7 Å². The molecule has 0 unspecified atom stereocenters. The first kappa shape index (κ1) is 16.6. The molecule has 0 aromatic carbocycles. The summed E-state index contributed by atoms with van der Waals surface area (Å²) in [7, 11) is 0.142. The van der Waals surface area contributed by atoms with E-state index in [1.807, 2.05) is 19.0 Å². The average molecular weight is 371 g/mol. The number of thiophene rings is 1. The molecule has 2 N–H and O–H groups in total. The van der Waals surface area contributed by atoms with Gasteiger partial charge in [-0.2, -0.15) is 0 Å². The predicted octanol–water partition coefficient (Wildman–Crippen LogP) is 1.44. The van der Waals surface area contributed by atoms with Crippen molar-refractivity contribution in [2.75, 3.05) is 27.2 Å². The molecule has 19 heavy (non-hydrogen) atoms. The third-order valence-electron chi connectivity index (χ3n) is 2.23.